The molecule has 0 aliphatic carbocycles. The highest BCUT2D eigenvalue weighted by molar-refractivity contribution is 9.11. The molecule has 0 radical (unpaired) electrons. The van der Waals surface area contributed by atoms with Crippen molar-refractivity contribution in [2.45, 2.75) is 19.8 Å². The molecule has 1 rings (SSSR count). The van der Waals surface area contributed by atoms with Gasteiger partial charge in [-0.05, 0) is 27.4 Å². The van der Waals surface area contributed by atoms with E-state index in [1.807, 2.05) is 13.8 Å². The van der Waals surface area contributed by atoms with Crippen molar-refractivity contribution < 1.29 is 4.79 Å². The summed E-state index contributed by atoms with van der Waals surface area (Å²) < 4.78 is 0.859. The molecule has 2 amide bonds. The number of hydrogen-bond donors (Lipinski definition) is 2. The maximum absolute atomic E-state index is 10.7. The molecule has 0 spiro atoms. The molecule has 0 aliphatic heterocycles. The van der Waals surface area contributed by atoms with Crippen LogP contribution in [-0.2, 0) is 0 Å². The second-order valence-corrected chi connectivity index (χ2v) is 5.59. The first-order valence-corrected chi connectivity index (χ1v) is 5.87. The van der Waals surface area contributed by atoms with Gasteiger partial charge in [-0.2, -0.15) is 5.26 Å². The number of halogens is 1. The van der Waals surface area contributed by atoms with Gasteiger partial charge in [0.2, 0.25) is 0 Å². The fourth-order valence-electron chi connectivity index (χ4n) is 1.24. The molecule has 6 heteroatoms. The van der Waals surface area contributed by atoms with Crippen LogP contribution in [-0.4, -0.2) is 6.03 Å². The number of nitrogens with two attached hydrogens (primary N) is 1. The third kappa shape index (κ3) is 2.49. The molecule has 0 atom stereocenters. The molecule has 0 aromatic carbocycles. The summed E-state index contributed by atoms with van der Waals surface area (Å²) >= 11 is 4.68. The predicted octanol–water partition coefficient (Wildman–Crippen LogP) is 3.00. The quantitative estimate of drug-likeness (QED) is 0.877. The molecule has 1 aromatic heterocycles. The number of nitrogens with zero attached hydrogens (tertiary/aromatic N) is 1. The third-order valence-electron chi connectivity index (χ3n) is 1.83. The molecule has 4 nitrogen and oxygen atoms in total. The van der Waals surface area contributed by atoms with E-state index in [0.717, 1.165) is 9.35 Å². The van der Waals surface area contributed by atoms with Crippen LogP contribution >= 0.6 is 27.3 Å². The Morgan fingerprint density at radius 3 is 2.67 bits per heavy atom. The summed E-state index contributed by atoms with van der Waals surface area (Å²) in [6, 6.07) is 1.42. The van der Waals surface area contributed by atoms with E-state index in [9.17, 15) is 4.79 Å². The highest BCUT2D eigenvalue weighted by Gasteiger charge is 2.19. The van der Waals surface area contributed by atoms with Gasteiger partial charge in [0.05, 0.1) is 9.35 Å². The molecule has 0 saturated carbocycles. The lowest BCUT2D eigenvalue weighted by atomic mass is 10.0. The zero-order chi connectivity index (χ0) is 11.6. The topological polar surface area (TPSA) is 78.9 Å². The molecular formula is C9H10BrN3OS. The van der Waals surface area contributed by atoms with Crippen molar-refractivity contribution in [3.63, 3.8) is 0 Å². The van der Waals surface area contributed by atoms with Crippen molar-refractivity contribution in [1.82, 2.24) is 0 Å². The molecule has 0 aliphatic rings. The normalized spacial score (nSPS) is 10.1. The minimum absolute atomic E-state index is 0.216. The van der Waals surface area contributed by atoms with Crippen molar-refractivity contribution in [2.75, 3.05) is 5.32 Å². The van der Waals surface area contributed by atoms with Gasteiger partial charge in [-0.1, -0.05) is 13.8 Å². The van der Waals surface area contributed by atoms with Crippen molar-refractivity contribution >= 4 is 38.3 Å². The average molecular weight is 288 g/mol. The van der Waals surface area contributed by atoms with E-state index >= 15 is 0 Å². The van der Waals surface area contributed by atoms with Crippen LogP contribution < -0.4 is 11.1 Å². The van der Waals surface area contributed by atoms with E-state index in [2.05, 4.69) is 27.3 Å². The number of rotatable bonds is 2. The van der Waals surface area contributed by atoms with E-state index in [1.54, 1.807) is 0 Å². The van der Waals surface area contributed by atoms with Gasteiger partial charge in [0.1, 0.15) is 11.1 Å². The zero-order valence-electron chi connectivity index (χ0n) is 8.30. The minimum Gasteiger partial charge on any atom is -0.351 e. The Morgan fingerprint density at radius 1 is 1.67 bits per heavy atom. The maximum Gasteiger partial charge on any atom is 0.317 e. The van der Waals surface area contributed by atoms with Crippen molar-refractivity contribution in [2.24, 2.45) is 5.73 Å². The Bertz CT molecular complexity index is 433. The lowest BCUT2D eigenvalue weighted by molar-refractivity contribution is 0.259. The van der Waals surface area contributed by atoms with Gasteiger partial charge in [-0.3, -0.25) is 5.32 Å². The predicted molar refractivity (Wildman–Crippen MR) is 64.0 cm³/mol. The number of carbonyl (C=O) groups is 1. The minimum atomic E-state index is -0.657. The largest absolute Gasteiger partial charge is 0.351 e. The van der Waals surface area contributed by atoms with E-state index in [0.29, 0.717) is 10.6 Å². The number of urea groups is 1. The summed E-state index contributed by atoms with van der Waals surface area (Å²) in [5.74, 6) is 0.216. The van der Waals surface area contributed by atoms with Crippen LogP contribution in [0.25, 0.3) is 0 Å². The number of nitriles is 1. The van der Waals surface area contributed by atoms with Gasteiger partial charge >= 0.3 is 6.03 Å². The number of thiophene rings is 1. The van der Waals surface area contributed by atoms with E-state index in [-0.39, 0.29) is 5.92 Å². The number of nitrogens with one attached hydrogen (secondary N) is 1. The Balaban J connectivity index is 3.26. The summed E-state index contributed by atoms with van der Waals surface area (Å²) in [4.78, 5) is 10.7. The summed E-state index contributed by atoms with van der Waals surface area (Å²) in [5.41, 5.74) is 6.41. The molecule has 0 unspecified atom stereocenters. The first-order chi connectivity index (χ1) is 6.97. The molecule has 0 saturated heterocycles. The highest BCUT2D eigenvalue weighted by Crippen LogP contribution is 2.40. The summed E-state index contributed by atoms with van der Waals surface area (Å²) in [7, 11) is 0. The molecule has 0 bridgehead atoms. The van der Waals surface area contributed by atoms with Crippen LogP contribution in [0.15, 0.2) is 3.79 Å². The van der Waals surface area contributed by atoms with Crippen molar-refractivity contribution in [3.8, 4) is 6.07 Å². The van der Waals surface area contributed by atoms with Gasteiger partial charge < -0.3 is 5.73 Å². The van der Waals surface area contributed by atoms with E-state index in [4.69, 9.17) is 11.0 Å². The van der Waals surface area contributed by atoms with Gasteiger partial charge in [-0.15, -0.1) is 11.3 Å². The molecule has 0 fully saturated rings. The van der Waals surface area contributed by atoms with E-state index < -0.39 is 6.03 Å². The Morgan fingerprint density at radius 2 is 2.27 bits per heavy atom. The van der Waals surface area contributed by atoms with Crippen molar-refractivity contribution in [3.05, 3.63) is 14.9 Å². The van der Waals surface area contributed by atoms with Crippen LogP contribution in [0.4, 0.5) is 9.80 Å². The van der Waals surface area contributed by atoms with Gasteiger partial charge in [0, 0.05) is 0 Å². The van der Waals surface area contributed by atoms with Crippen LogP contribution in [0, 0.1) is 11.3 Å². The number of primary amides is 1. The monoisotopic (exact) mass is 287 g/mol. The maximum atomic E-state index is 10.7. The van der Waals surface area contributed by atoms with E-state index in [1.165, 1.54) is 11.3 Å². The molecular weight excluding hydrogens is 278 g/mol. The Labute approximate surface area is 100 Å². The zero-order valence-corrected chi connectivity index (χ0v) is 10.7. The van der Waals surface area contributed by atoms with Crippen LogP contribution in [0.5, 0.6) is 0 Å². The van der Waals surface area contributed by atoms with Crippen LogP contribution in [0.1, 0.15) is 30.9 Å². The second-order valence-electron chi connectivity index (χ2n) is 3.25. The van der Waals surface area contributed by atoms with Gasteiger partial charge in [-0.25, -0.2) is 4.79 Å². The van der Waals surface area contributed by atoms with Gasteiger partial charge in [0.25, 0.3) is 0 Å². The van der Waals surface area contributed by atoms with Crippen LogP contribution in [0.3, 0.4) is 0 Å². The molecule has 15 heavy (non-hydrogen) atoms. The number of amides is 2. The Kier molecular flexibility index (Phi) is 3.72. The molecule has 1 heterocycles. The first kappa shape index (κ1) is 12.0. The summed E-state index contributed by atoms with van der Waals surface area (Å²) in [6.07, 6.45) is 0. The lowest BCUT2D eigenvalue weighted by Crippen LogP contribution is -2.19. The van der Waals surface area contributed by atoms with Crippen molar-refractivity contribution in [1.29, 1.82) is 5.26 Å². The molecule has 1 aromatic rings. The Hall–Kier alpha value is -1.06. The fraction of sp³-hybridized carbons (Fsp3) is 0.333. The number of carbonyl (C=O) groups excluding carboxylic acids is 1. The standard InChI is InChI=1S/C9H10BrN3OS/c1-4(2)6-5(3-11)8(13-9(12)14)15-7(6)10/h4H,1-2H3,(H3,12,13,14). The van der Waals surface area contributed by atoms with Crippen LogP contribution in [0.2, 0.25) is 0 Å². The van der Waals surface area contributed by atoms with Gasteiger partial charge in [0.15, 0.2) is 0 Å². The fourth-order valence-corrected chi connectivity index (χ4v) is 3.42. The average Bonchev–Trinajstić information content (AvgIpc) is 2.40. The molecule has 80 valence electrons. The lowest BCUT2D eigenvalue weighted by Gasteiger charge is -2.03. The second kappa shape index (κ2) is 4.64. The smallest absolute Gasteiger partial charge is 0.317 e. The summed E-state index contributed by atoms with van der Waals surface area (Å²) in [5, 5.41) is 12.0. The molecule has 3 N–H and O–H groups in total. The third-order valence-corrected chi connectivity index (χ3v) is 3.65. The number of hydrogen-bond acceptors (Lipinski definition) is 3. The highest BCUT2D eigenvalue weighted by atomic mass is 79.9. The number of anilines is 1. The first-order valence-electron chi connectivity index (χ1n) is 4.26. The summed E-state index contributed by atoms with van der Waals surface area (Å²) in [6.45, 7) is 3.98. The SMILES string of the molecule is CC(C)c1c(Br)sc(NC(N)=O)c1C#N.